The van der Waals surface area contributed by atoms with Crippen molar-refractivity contribution < 1.29 is 34.4 Å². The molecule has 1 saturated carbocycles. The molecular weight excluding hydrogens is 244 g/mol. The summed E-state index contributed by atoms with van der Waals surface area (Å²) in [6, 6.07) is 0. The van der Waals surface area contributed by atoms with E-state index >= 15 is 0 Å². The van der Waals surface area contributed by atoms with Gasteiger partial charge in [-0.1, -0.05) is 13.8 Å². The summed E-state index contributed by atoms with van der Waals surface area (Å²) in [7, 11) is 0. The number of esters is 1. The lowest BCUT2D eigenvalue weighted by Gasteiger charge is -2.38. The van der Waals surface area contributed by atoms with Crippen LogP contribution in [0.4, 0.5) is 0 Å². The van der Waals surface area contributed by atoms with E-state index in [0.29, 0.717) is 0 Å². The van der Waals surface area contributed by atoms with Gasteiger partial charge in [-0.05, 0) is 0 Å². The Kier molecular flexibility index (Phi) is 5.06. The van der Waals surface area contributed by atoms with Crippen LogP contribution < -0.4 is 0 Å². The maximum atomic E-state index is 11.4. The van der Waals surface area contributed by atoms with Crippen LogP contribution in [0.15, 0.2) is 0 Å². The molecule has 0 saturated heterocycles. The van der Waals surface area contributed by atoms with Gasteiger partial charge in [-0.3, -0.25) is 9.59 Å². The highest BCUT2D eigenvalue weighted by Gasteiger charge is 2.45. The Balaban J connectivity index is 2.72. The molecule has 1 aliphatic rings. The Labute approximate surface area is 104 Å². The standard InChI is InChI=1S/C11H18O7/c1-5(2)11(16)18-7-3-6(17-4-12)8(13)10(15)9(7)14/h4-10,13-15H,3H2,1-2H3. The first kappa shape index (κ1) is 14.9. The summed E-state index contributed by atoms with van der Waals surface area (Å²) in [6.07, 6.45) is -6.42. The zero-order chi connectivity index (χ0) is 13.9. The number of hydrogen-bond acceptors (Lipinski definition) is 7. The minimum Gasteiger partial charge on any atom is -0.462 e. The lowest BCUT2D eigenvalue weighted by atomic mass is 9.87. The maximum Gasteiger partial charge on any atom is 0.308 e. The highest BCUT2D eigenvalue weighted by molar-refractivity contribution is 5.71. The quantitative estimate of drug-likeness (QED) is 0.421. The molecule has 7 nitrogen and oxygen atoms in total. The highest BCUT2D eigenvalue weighted by atomic mass is 16.6. The predicted molar refractivity (Wildman–Crippen MR) is 58.3 cm³/mol. The van der Waals surface area contributed by atoms with Crippen molar-refractivity contribution in [3.05, 3.63) is 0 Å². The number of aliphatic hydroxyl groups is 3. The first-order chi connectivity index (χ1) is 8.38. The molecular formula is C11H18O7. The number of aliphatic hydroxyl groups excluding tert-OH is 3. The van der Waals surface area contributed by atoms with Crippen LogP contribution in [0.25, 0.3) is 0 Å². The summed E-state index contributed by atoms with van der Waals surface area (Å²) < 4.78 is 9.60. The molecule has 0 aromatic heterocycles. The molecule has 0 bridgehead atoms. The van der Waals surface area contributed by atoms with Gasteiger partial charge in [-0.25, -0.2) is 0 Å². The van der Waals surface area contributed by atoms with E-state index in [1.54, 1.807) is 13.8 Å². The lowest BCUT2D eigenvalue weighted by Crippen LogP contribution is -2.57. The fourth-order valence-electron chi connectivity index (χ4n) is 1.76. The second kappa shape index (κ2) is 6.12. The average molecular weight is 262 g/mol. The Morgan fingerprint density at radius 1 is 1.17 bits per heavy atom. The van der Waals surface area contributed by atoms with Gasteiger partial charge in [0.25, 0.3) is 6.47 Å². The number of carbonyl (C=O) groups is 2. The normalized spacial score (nSPS) is 36.2. The van der Waals surface area contributed by atoms with E-state index in [1.165, 1.54) is 0 Å². The van der Waals surface area contributed by atoms with E-state index in [2.05, 4.69) is 4.74 Å². The zero-order valence-electron chi connectivity index (χ0n) is 10.2. The molecule has 7 heteroatoms. The van der Waals surface area contributed by atoms with Crippen LogP contribution in [0.2, 0.25) is 0 Å². The number of rotatable bonds is 4. The summed E-state index contributed by atoms with van der Waals surface area (Å²) in [5.41, 5.74) is 0. The van der Waals surface area contributed by atoms with Crippen molar-refractivity contribution in [3.8, 4) is 0 Å². The van der Waals surface area contributed by atoms with Crippen LogP contribution in [-0.4, -0.2) is 58.3 Å². The van der Waals surface area contributed by atoms with E-state index in [1.807, 2.05) is 0 Å². The van der Waals surface area contributed by atoms with Gasteiger partial charge in [0.1, 0.15) is 30.5 Å². The summed E-state index contributed by atoms with van der Waals surface area (Å²) in [6.45, 7) is 3.39. The van der Waals surface area contributed by atoms with E-state index in [0.717, 1.165) is 0 Å². The number of hydrogen-bond donors (Lipinski definition) is 3. The smallest absolute Gasteiger partial charge is 0.308 e. The second-order valence-electron chi connectivity index (χ2n) is 4.61. The summed E-state index contributed by atoms with van der Waals surface area (Å²) >= 11 is 0. The van der Waals surface area contributed by atoms with Crippen LogP contribution in [0.5, 0.6) is 0 Å². The van der Waals surface area contributed by atoms with Crippen LogP contribution in [-0.2, 0) is 19.1 Å². The minimum absolute atomic E-state index is 0.0589. The third kappa shape index (κ3) is 3.18. The molecule has 0 aliphatic heterocycles. The van der Waals surface area contributed by atoms with E-state index in [-0.39, 0.29) is 18.8 Å². The van der Waals surface area contributed by atoms with Crippen molar-refractivity contribution in [1.29, 1.82) is 0 Å². The molecule has 0 spiro atoms. The summed E-state index contributed by atoms with van der Waals surface area (Å²) in [5, 5.41) is 28.8. The monoisotopic (exact) mass is 262 g/mol. The molecule has 104 valence electrons. The van der Waals surface area contributed by atoms with Crippen molar-refractivity contribution in [3.63, 3.8) is 0 Å². The minimum atomic E-state index is -1.53. The number of ether oxygens (including phenoxy) is 2. The van der Waals surface area contributed by atoms with Crippen LogP contribution in [0.1, 0.15) is 20.3 Å². The van der Waals surface area contributed by atoms with Gasteiger partial charge in [-0.2, -0.15) is 0 Å². The molecule has 1 aliphatic carbocycles. The third-order valence-corrected chi connectivity index (χ3v) is 2.90. The SMILES string of the molecule is CC(C)C(=O)OC1CC(OC=O)C(O)C(O)C1O. The molecule has 3 N–H and O–H groups in total. The molecule has 0 aromatic carbocycles. The van der Waals surface area contributed by atoms with Gasteiger partial charge in [0, 0.05) is 6.42 Å². The van der Waals surface area contributed by atoms with Crippen LogP contribution in [0.3, 0.4) is 0 Å². The van der Waals surface area contributed by atoms with E-state index in [9.17, 15) is 24.9 Å². The first-order valence-electron chi connectivity index (χ1n) is 5.72. The van der Waals surface area contributed by atoms with Gasteiger partial charge in [0.2, 0.25) is 0 Å². The second-order valence-corrected chi connectivity index (χ2v) is 4.61. The van der Waals surface area contributed by atoms with Crippen molar-refractivity contribution in [2.45, 2.75) is 50.8 Å². The van der Waals surface area contributed by atoms with Crippen molar-refractivity contribution in [2.24, 2.45) is 5.92 Å². The Bertz CT molecular complexity index is 304. The molecule has 18 heavy (non-hydrogen) atoms. The van der Waals surface area contributed by atoms with Crippen molar-refractivity contribution in [2.75, 3.05) is 0 Å². The first-order valence-corrected chi connectivity index (χ1v) is 5.72. The van der Waals surface area contributed by atoms with E-state index in [4.69, 9.17) is 4.74 Å². The van der Waals surface area contributed by atoms with Crippen molar-refractivity contribution in [1.82, 2.24) is 0 Å². The maximum absolute atomic E-state index is 11.4. The molecule has 5 unspecified atom stereocenters. The molecule has 0 amide bonds. The molecule has 1 fully saturated rings. The average Bonchev–Trinajstić information content (AvgIpc) is 2.32. The molecule has 0 radical (unpaired) electrons. The van der Waals surface area contributed by atoms with Gasteiger partial charge in [0.05, 0.1) is 5.92 Å². The van der Waals surface area contributed by atoms with Crippen LogP contribution >= 0.6 is 0 Å². The fourth-order valence-corrected chi connectivity index (χ4v) is 1.76. The zero-order valence-corrected chi connectivity index (χ0v) is 10.2. The Morgan fingerprint density at radius 2 is 1.72 bits per heavy atom. The Hall–Kier alpha value is -1.18. The largest absolute Gasteiger partial charge is 0.462 e. The summed E-state index contributed by atoms with van der Waals surface area (Å²) in [5.74, 6) is -0.917. The van der Waals surface area contributed by atoms with Gasteiger partial charge >= 0.3 is 5.97 Å². The topological polar surface area (TPSA) is 113 Å². The highest BCUT2D eigenvalue weighted by Crippen LogP contribution is 2.25. The predicted octanol–water partition coefficient (Wildman–Crippen LogP) is -1.42. The molecule has 1 rings (SSSR count). The van der Waals surface area contributed by atoms with Gasteiger partial charge < -0.3 is 24.8 Å². The molecule has 5 atom stereocenters. The molecule has 0 aromatic rings. The third-order valence-electron chi connectivity index (χ3n) is 2.90. The Morgan fingerprint density at radius 3 is 2.22 bits per heavy atom. The fraction of sp³-hybridized carbons (Fsp3) is 0.818. The molecule has 0 heterocycles. The number of carbonyl (C=O) groups excluding carboxylic acids is 2. The van der Waals surface area contributed by atoms with Gasteiger partial charge in [0.15, 0.2) is 0 Å². The lowest BCUT2D eigenvalue weighted by molar-refractivity contribution is -0.203. The summed E-state index contributed by atoms with van der Waals surface area (Å²) in [4.78, 5) is 21.7. The van der Waals surface area contributed by atoms with Crippen molar-refractivity contribution >= 4 is 12.4 Å². The van der Waals surface area contributed by atoms with E-state index < -0.39 is 36.5 Å². The van der Waals surface area contributed by atoms with Crippen LogP contribution in [0, 0.1) is 5.92 Å². The van der Waals surface area contributed by atoms with Gasteiger partial charge in [-0.15, -0.1) is 0 Å².